The van der Waals surface area contributed by atoms with Crippen LogP contribution in [0.3, 0.4) is 0 Å². The molecule has 0 unspecified atom stereocenters. The number of nitrogen functional groups attached to an aromatic ring is 1. The highest BCUT2D eigenvalue weighted by atomic mass is 16.3. The average molecular weight is 174 g/mol. The first-order valence-corrected chi connectivity index (χ1v) is 3.99. The molecule has 0 spiro atoms. The second kappa shape index (κ2) is 2.86. The van der Waals surface area contributed by atoms with Gasteiger partial charge in [0.2, 0.25) is 0 Å². The van der Waals surface area contributed by atoms with Crippen molar-refractivity contribution in [3.63, 3.8) is 0 Å². The van der Waals surface area contributed by atoms with Crippen LogP contribution in [0.2, 0.25) is 0 Å². The van der Waals surface area contributed by atoms with Crippen molar-refractivity contribution in [3.05, 3.63) is 36.5 Å². The number of H-pyrrole nitrogens is 1. The van der Waals surface area contributed by atoms with Crippen LogP contribution >= 0.6 is 0 Å². The molecule has 0 atom stereocenters. The minimum atomic E-state index is 0.197. The molecule has 3 heteroatoms. The lowest BCUT2D eigenvalue weighted by atomic mass is 10.1. The number of nitrogens with two attached hydrogens (primary N) is 1. The van der Waals surface area contributed by atoms with Crippen LogP contribution in [0.4, 0.5) is 5.69 Å². The van der Waals surface area contributed by atoms with Gasteiger partial charge >= 0.3 is 0 Å². The number of phenolic OH excluding ortho intramolecular Hbond substituents is 1. The van der Waals surface area contributed by atoms with Gasteiger partial charge in [0.25, 0.3) is 0 Å². The molecule has 0 amide bonds. The molecule has 0 bridgehead atoms. The van der Waals surface area contributed by atoms with Crippen molar-refractivity contribution < 1.29 is 5.11 Å². The van der Waals surface area contributed by atoms with E-state index in [0.717, 1.165) is 11.3 Å². The fourth-order valence-corrected chi connectivity index (χ4v) is 1.27. The number of aromatic nitrogens is 1. The Kier molecular flexibility index (Phi) is 1.70. The highest BCUT2D eigenvalue weighted by Gasteiger charge is 2.03. The third-order valence-electron chi connectivity index (χ3n) is 1.91. The lowest BCUT2D eigenvalue weighted by Gasteiger charge is -2.02. The molecule has 66 valence electrons. The zero-order chi connectivity index (χ0) is 9.26. The third-order valence-corrected chi connectivity index (χ3v) is 1.91. The molecule has 0 saturated carbocycles. The largest absolute Gasteiger partial charge is 0.507 e. The van der Waals surface area contributed by atoms with Crippen LogP contribution in [-0.4, -0.2) is 10.1 Å². The van der Waals surface area contributed by atoms with E-state index in [2.05, 4.69) is 4.98 Å². The second-order valence-electron chi connectivity index (χ2n) is 2.86. The summed E-state index contributed by atoms with van der Waals surface area (Å²) in [7, 11) is 0. The lowest BCUT2D eigenvalue weighted by Crippen LogP contribution is -1.85. The molecule has 1 aromatic heterocycles. The number of hydrogen-bond donors (Lipinski definition) is 3. The molecule has 0 aliphatic carbocycles. The van der Waals surface area contributed by atoms with Crippen molar-refractivity contribution >= 4 is 5.69 Å². The molecule has 0 aliphatic rings. The van der Waals surface area contributed by atoms with E-state index in [0.29, 0.717) is 5.69 Å². The monoisotopic (exact) mass is 174 g/mol. The topological polar surface area (TPSA) is 62.0 Å². The standard InChI is InChI=1S/C10H10N2O/c11-7-3-4-8(10(13)6-7)9-2-1-5-12-9/h1-6,12-13H,11H2. The fourth-order valence-electron chi connectivity index (χ4n) is 1.27. The summed E-state index contributed by atoms with van der Waals surface area (Å²) in [5.74, 6) is 0.197. The van der Waals surface area contributed by atoms with Crippen molar-refractivity contribution in [2.24, 2.45) is 0 Å². The Balaban J connectivity index is 2.53. The maximum atomic E-state index is 9.56. The maximum absolute atomic E-state index is 9.56. The molecule has 3 nitrogen and oxygen atoms in total. The Bertz CT molecular complexity index is 407. The van der Waals surface area contributed by atoms with Crippen LogP contribution in [-0.2, 0) is 0 Å². The number of benzene rings is 1. The van der Waals surface area contributed by atoms with E-state index in [1.807, 2.05) is 18.3 Å². The second-order valence-corrected chi connectivity index (χ2v) is 2.86. The van der Waals surface area contributed by atoms with Gasteiger partial charge in [-0.25, -0.2) is 0 Å². The first-order valence-electron chi connectivity index (χ1n) is 3.99. The summed E-state index contributed by atoms with van der Waals surface area (Å²) in [6.45, 7) is 0. The smallest absolute Gasteiger partial charge is 0.126 e. The van der Waals surface area contributed by atoms with E-state index in [9.17, 15) is 5.11 Å². The molecule has 0 radical (unpaired) electrons. The Labute approximate surface area is 75.8 Å². The molecule has 1 aromatic carbocycles. The summed E-state index contributed by atoms with van der Waals surface area (Å²) < 4.78 is 0. The quantitative estimate of drug-likeness (QED) is 0.579. The number of phenols is 1. The summed E-state index contributed by atoms with van der Waals surface area (Å²) in [5, 5.41) is 9.56. The van der Waals surface area contributed by atoms with Crippen molar-refractivity contribution in [1.82, 2.24) is 4.98 Å². The first kappa shape index (κ1) is 7.73. The summed E-state index contributed by atoms with van der Waals surface area (Å²) in [5.41, 5.74) is 7.72. The van der Waals surface area contributed by atoms with E-state index in [1.54, 1.807) is 12.1 Å². The number of hydrogen-bond acceptors (Lipinski definition) is 2. The number of rotatable bonds is 1. The van der Waals surface area contributed by atoms with Crippen LogP contribution in [0.15, 0.2) is 36.5 Å². The Morgan fingerprint density at radius 3 is 2.69 bits per heavy atom. The molecule has 13 heavy (non-hydrogen) atoms. The van der Waals surface area contributed by atoms with Crippen molar-refractivity contribution in [1.29, 1.82) is 0 Å². The average Bonchev–Trinajstić information content (AvgIpc) is 2.56. The van der Waals surface area contributed by atoms with Crippen LogP contribution in [0.25, 0.3) is 11.3 Å². The van der Waals surface area contributed by atoms with Gasteiger partial charge in [-0.1, -0.05) is 0 Å². The van der Waals surface area contributed by atoms with Gasteiger partial charge in [-0.15, -0.1) is 0 Å². The Morgan fingerprint density at radius 2 is 2.08 bits per heavy atom. The molecular formula is C10H10N2O. The molecular weight excluding hydrogens is 164 g/mol. The molecule has 4 N–H and O–H groups in total. The van der Waals surface area contributed by atoms with Crippen LogP contribution in [0.5, 0.6) is 5.75 Å². The number of nitrogens with one attached hydrogen (secondary N) is 1. The summed E-state index contributed by atoms with van der Waals surface area (Å²) in [6.07, 6.45) is 1.81. The highest BCUT2D eigenvalue weighted by molar-refractivity contribution is 5.69. The highest BCUT2D eigenvalue weighted by Crippen LogP contribution is 2.29. The zero-order valence-electron chi connectivity index (χ0n) is 6.99. The number of anilines is 1. The molecule has 0 aliphatic heterocycles. The lowest BCUT2D eigenvalue weighted by molar-refractivity contribution is 0.477. The van der Waals surface area contributed by atoms with Crippen LogP contribution in [0, 0.1) is 0 Å². The SMILES string of the molecule is Nc1ccc(-c2ccc[nH]2)c(O)c1. The van der Waals surface area contributed by atoms with Gasteiger partial charge in [-0.3, -0.25) is 0 Å². The minimum absolute atomic E-state index is 0.197. The zero-order valence-corrected chi connectivity index (χ0v) is 6.99. The van der Waals surface area contributed by atoms with Gasteiger partial charge in [-0.2, -0.15) is 0 Å². The van der Waals surface area contributed by atoms with E-state index < -0.39 is 0 Å². The van der Waals surface area contributed by atoms with Gasteiger partial charge in [-0.05, 0) is 24.3 Å². The summed E-state index contributed by atoms with van der Waals surface area (Å²) in [4.78, 5) is 3.01. The van der Waals surface area contributed by atoms with E-state index in [4.69, 9.17) is 5.73 Å². The maximum Gasteiger partial charge on any atom is 0.126 e. The molecule has 1 heterocycles. The number of aromatic amines is 1. The first-order chi connectivity index (χ1) is 6.27. The van der Waals surface area contributed by atoms with E-state index in [-0.39, 0.29) is 5.75 Å². The molecule has 0 fully saturated rings. The van der Waals surface area contributed by atoms with E-state index >= 15 is 0 Å². The van der Waals surface area contributed by atoms with Crippen molar-refractivity contribution in [2.45, 2.75) is 0 Å². The minimum Gasteiger partial charge on any atom is -0.507 e. The number of aromatic hydroxyl groups is 1. The van der Waals surface area contributed by atoms with Gasteiger partial charge in [0, 0.05) is 29.2 Å². The fraction of sp³-hybridized carbons (Fsp3) is 0. The molecule has 0 saturated heterocycles. The third kappa shape index (κ3) is 1.36. The van der Waals surface area contributed by atoms with Gasteiger partial charge in [0.15, 0.2) is 0 Å². The van der Waals surface area contributed by atoms with Gasteiger partial charge in [0.1, 0.15) is 5.75 Å². The Morgan fingerprint density at radius 1 is 1.23 bits per heavy atom. The predicted octanol–water partition coefficient (Wildman–Crippen LogP) is 1.97. The van der Waals surface area contributed by atoms with E-state index in [1.165, 1.54) is 6.07 Å². The van der Waals surface area contributed by atoms with Gasteiger partial charge < -0.3 is 15.8 Å². The molecule has 2 aromatic rings. The van der Waals surface area contributed by atoms with Crippen molar-refractivity contribution in [3.8, 4) is 17.0 Å². The molecule has 2 rings (SSSR count). The van der Waals surface area contributed by atoms with Gasteiger partial charge in [0.05, 0.1) is 0 Å². The van der Waals surface area contributed by atoms with Crippen molar-refractivity contribution in [2.75, 3.05) is 5.73 Å². The van der Waals surface area contributed by atoms with Crippen LogP contribution < -0.4 is 5.73 Å². The Hall–Kier alpha value is -1.90. The summed E-state index contributed by atoms with van der Waals surface area (Å²) >= 11 is 0. The van der Waals surface area contributed by atoms with Crippen LogP contribution in [0.1, 0.15) is 0 Å². The predicted molar refractivity (Wildman–Crippen MR) is 52.3 cm³/mol. The summed E-state index contributed by atoms with van der Waals surface area (Å²) in [6, 6.07) is 8.86. The normalized spacial score (nSPS) is 10.2.